The Morgan fingerprint density at radius 1 is 1.15 bits per heavy atom. The molecule has 0 saturated carbocycles. The average molecular weight is 369 g/mol. The maximum Gasteiger partial charge on any atom is 0.236 e. The van der Waals surface area contributed by atoms with Crippen molar-refractivity contribution >= 4 is 5.91 Å². The summed E-state index contributed by atoms with van der Waals surface area (Å²) in [6, 6.07) is 17.1. The molecule has 1 heterocycles. The fourth-order valence-electron chi connectivity index (χ4n) is 3.52. The van der Waals surface area contributed by atoms with Gasteiger partial charge in [-0.2, -0.15) is 0 Å². The van der Waals surface area contributed by atoms with E-state index in [2.05, 4.69) is 22.3 Å². The van der Waals surface area contributed by atoms with Crippen molar-refractivity contribution in [3.8, 4) is 0 Å². The van der Waals surface area contributed by atoms with E-state index in [4.69, 9.17) is 0 Å². The van der Waals surface area contributed by atoms with Gasteiger partial charge in [-0.25, -0.2) is 4.39 Å². The van der Waals surface area contributed by atoms with Crippen molar-refractivity contribution in [1.29, 1.82) is 0 Å². The summed E-state index contributed by atoms with van der Waals surface area (Å²) >= 11 is 0. The zero-order valence-electron chi connectivity index (χ0n) is 15.9. The molecule has 144 valence electrons. The van der Waals surface area contributed by atoms with Gasteiger partial charge in [0, 0.05) is 37.8 Å². The highest BCUT2D eigenvalue weighted by Crippen LogP contribution is 2.21. The van der Waals surface area contributed by atoms with Crippen molar-refractivity contribution in [3.63, 3.8) is 0 Å². The molecule has 1 aliphatic rings. The maximum absolute atomic E-state index is 14.0. The van der Waals surface area contributed by atoms with Gasteiger partial charge in [0.25, 0.3) is 0 Å². The van der Waals surface area contributed by atoms with Crippen LogP contribution in [0.2, 0.25) is 0 Å². The van der Waals surface area contributed by atoms with Gasteiger partial charge in [-0.05, 0) is 31.5 Å². The lowest BCUT2D eigenvalue weighted by molar-refractivity contribution is -0.131. The normalized spacial score (nSPS) is 17.7. The minimum Gasteiger partial charge on any atom is -0.340 e. The Kier molecular flexibility index (Phi) is 6.96. The lowest BCUT2D eigenvalue weighted by Crippen LogP contribution is -2.41. The monoisotopic (exact) mass is 369 g/mol. The van der Waals surface area contributed by atoms with Crippen LogP contribution in [0.5, 0.6) is 0 Å². The summed E-state index contributed by atoms with van der Waals surface area (Å²) in [6.45, 7) is 3.25. The Morgan fingerprint density at radius 2 is 1.89 bits per heavy atom. The minimum absolute atomic E-state index is 0.0418. The number of carbonyl (C=O) groups is 1. The van der Waals surface area contributed by atoms with Crippen LogP contribution in [0, 0.1) is 5.82 Å². The molecule has 1 amide bonds. The van der Waals surface area contributed by atoms with Crippen LogP contribution < -0.4 is 5.32 Å². The molecule has 4 nitrogen and oxygen atoms in total. The number of likely N-dealkylation sites (N-methyl/N-ethyl adjacent to an activating group) is 1. The number of amides is 1. The van der Waals surface area contributed by atoms with Crippen molar-refractivity contribution in [2.24, 2.45) is 0 Å². The standard InChI is InChI=1S/C22H28FN3O/c1-25(14-11-18-7-3-2-4-8-18)17-22(27)26-15-12-21(24-13-16-26)19-9-5-6-10-20(19)23/h2-10,21,24H,11-17H2,1H3. The first-order valence-electron chi connectivity index (χ1n) is 9.61. The number of hydrogen-bond acceptors (Lipinski definition) is 3. The third-order valence-corrected chi connectivity index (χ3v) is 5.12. The van der Waals surface area contributed by atoms with Crippen molar-refractivity contribution in [2.75, 3.05) is 39.8 Å². The third kappa shape index (κ3) is 5.62. The lowest BCUT2D eigenvalue weighted by Gasteiger charge is -2.24. The molecule has 1 fully saturated rings. The second-order valence-corrected chi connectivity index (χ2v) is 7.17. The maximum atomic E-state index is 14.0. The second kappa shape index (κ2) is 9.62. The first-order valence-corrected chi connectivity index (χ1v) is 9.61. The molecular formula is C22H28FN3O. The first-order chi connectivity index (χ1) is 13.1. The molecule has 3 rings (SSSR count). The van der Waals surface area contributed by atoms with E-state index in [9.17, 15) is 9.18 Å². The molecule has 2 aromatic rings. The van der Waals surface area contributed by atoms with Gasteiger partial charge in [0.2, 0.25) is 5.91 Å². The molecule has 0 aromatic heterocycles. The van der Waals surface area contributed by atoms with Crippen molar-refractivity contribution in [3.05, 3.63) is 71.5 Å². The highest BCUT2D eigenvalue weighted by atomic mass is 19.1. The van der Waals surface area contributed by atoms with E-state index in [1.54, 1.807) is 6.07 Å². The third-order valence-electron chi connectivity index (χ3n) is 5.12. The van der Waals surface area contributed by atoms with Crippen LogP contribution in [0.3, 0.4) is 0 Å². The van der Waals surface area contributed by atoms with Gasteiger partial charge < -0.3 is 10.2 Å². The second-order valence-electron chi connectivity index (χ2n) is 7.17. The van der Waals surface area contributed by atoms with Gasteiger partial charge in [0.1, 0.15) is 5.82 Å². The molecule has 5 heteroatoms. The molecule has 1 aliphatic heterocycles. The Hall–Kier alpha value is -2.24. The molecule has 1 saturated heterocycles. The predicted molar refractivity (Wildman–Crippen MR) is 106 cm³/mol. The molecule has 1 N–H and O–H groups in total. The number of hydrogen-bond donors (Lipinski definition) is 1. The quantitative estimate of drug-likeness (QED) is 0.851. The Morgan fingerprint density at radius 3 is 2.67 bits per heavy atom. The summed E-state index contributed by atoms with van der Waals surface area (Å²) in [6.07, 6.45) is 1.65. The van der Waals surface area contributed by atoms with Gasteiger partial charge >= 0.3 is 0 Å². The van der Waals surface area contributed by atoms with Gasteiger partial charge in [-0.3, -0.25) is 9.69 Å². The van der Waals surface area contributed by atoms with Crippen molar-refractivity contribution in [1.82, 2.24) is 15.1 Å². The molecule has 0 bridgehead atoms. The van der Waals surface area contributed by atoms with E-state index in [0.717, 1.165) is 19.4 Å². The molecular weight excluding hydrogens is 341 g/mol. The van der Waals surface area contributed by atoms with Crippen LogP contribution in [0.15, 0.2) is 54.6 Å². The SMILES string of the molecule is CN(CCc1ccccc1)CC(=O)N1CCNC(c2ccccc2F)CC1. The number of carbonyl (C=O) groups excluding carboxylic acids is 1. The Labute approximate surface area is 161 Å². The largest absolute Gasteiger partial charge is 0.340 e. The first kappa shape index (κ1) is 19.5. The highest BCUT2D eigenvalue weighted by molar-refractivity contribution is 5.78. The minimum atomic E-state index is -0.185. The molecule has 0 spiro atoms. The van der Waals surface area contributed by atoms with Crippen LogP contribution >= 0.6 is 0 Å². The fraction of sp³-hybridized carbons (Fsp3) is 0.409. The average Bonchev–Trinajstić information content (AvgIpc) is 2.94. The zero-order valence-corrected chi connectivity index (χ0v) is 15.9. The Balaban J connectivity index is 1.48. The van der Waals surface area contributed by atoms with Crippen LogP contribution in [-0.4, -0.2) is 55.5 Å². The number of rotatable bonds is 6. The summed E-state index contributed by atoms with van der Waals surface area (Å²) < 4.78 is 14.0. The van der Waals surface area contributed by atoms with E-state index in [1.165, 1.54) is 11.6 Å². The summed E-state index contributed by atoms with van der Waals surface area (Å²) in [5, 5.41) is 3.38. The van der Waals surface area contributed by atoms with Crippen molar-refractivity contribution < 1.29 is 9.18 Å². The van der Waals surface area contributed by atoms with Gasteiger partial charge in [-0.1, -0.05) is 48.5 Å². The summed E-state index contributed by atoms with van der Waals surface area (Å²) in [4.78, 5) is 16.6. The number of benzene rings is 2. The molecule has 0 radical (unpaired) electrons. The van der Waals surface area contributed by atoms with E-state index < -0.39 is 0 Å². The van der Waals surface area contributed by atoms with Gasteiger partial charge in [0.15, 0.2) is 0 Å². The van der Waals surface area contributed by atoms with E-state index >= 15 is 0 Å². The molecule has 0 aliphatic carbocycles. The number of nitrogens with zero attached hydrogens (tertiary/aromatic N) is 2. The van der Waals surface area contributed by atoms with Crippen LogP contribution in [0.4, 0.5) is 4.39 Å². The topological polar surface area (TPSA) is 35.6 Å². The molecule has 1 atom stereocenters. The van der Waals surface area contributed by atoms with E-state index in [1.807, 2.05) is 42.3 Å². The fourth-order valence-corrected chi connectivity index (χ4v) is 3.52. The Bertz CT molecular complexity index is 737. The van der Waals surface area contributed by atoms with Gasteiger partial charge in [-0.15, -0.1) is 0 Å². The summed E-state index contributed by atoms with van der Waals surface area (Å²) in [7, 11) is 1.99. The van der Waals surface area contributed by atoms with Crippen LogP contribution in [-0.2, 0) is 11.2 Å². The van der Waals surface area contributed by atoms with Crippen LogP contribution in [0.1, 0.15) is 23.6 Å². The summed E-state index contributed by atoms with van der Waals surface area (Å²) in [5.41, 5.74) is 1.97. The highest BCUT2D eigenvalue weighted by Gasteiger charge is 2.23. The van der Waals surface area contributed by atoms with Crippen molar-refractivity contribution in [2.45, 2.75) is 18.9 Å². The predicted octanol–water partition coefficient (Wildman–Crippen LogP) is 2.86. The number of halogens is 1. The zero-order chi connectivity index (χ0) is 19.1. The molecule has 1 unspecified atom stereocenters. The smallest absolute Gasteiger partial charge is 0.236 e. The van der Waals surface area contributed by atoms with Gasteiger partial charge in [0.05, 0.1) is 6.54 Å². The molecule has 2 aromatic carbocycles. The van der Waals surface area contributed by atoms with E-state index in [-0.39, 0.29) is 17.8 Å². The van der Waals surface area contributed by atoms with E-state index in [0.29, 0.717) is 31.7 Å². The molecule has 27 heavy (non-hydrogen) atoms. The summed E-state index contributed by atoms with van der Waals surface area (Å²) in [5.74, 6) is -0.0445. The van der Waals surface area contributed by atoms with Crippen LogP contribution in [0.25, 0.3) is 0 Å². The number of nitrogens with one attached hydrogen (secondary N) is 1. The lowest BCUT2D eigenvalue weighted by atomic mass is 10.0.